The van der Waals surface area contributed by atoms with Crippen molar-refractivity contribution in [1.82, 2.24) is 5.32 Å². The molecule has 41 heavy (non-hydrogen) atoms. The minimum atomic E-state index is -0.516. The molecule has 0 unspecified atom stereocenters. The molecule has 1 N–H and O–H groups in total. The second-order valence-corrected chi connectivity index (χ2v) is 13.6. The van der Waals surface area contributed by atoms with E-state index in [4.69, 9.17) is 18.7 Å². The van der Waals surface area contributed by atoms with Crippen molar-refractivity contribution in [3.8, 4) is 5.75 Å². The normalized spacial score (nSPS) is 23.9. The van der Waals surface area contributed by atoms with Crippen molar-refractivity contribution in [2.75, 3.05) is 6.54 Å². The van der Waals surface area contributed by atoms with Crippen LogP contribution in [0.5, 0.6) is 5.75 Å². The molecule has 2 fully saturated rings. The van der Waals surface area contributed by atoms with E-state index < -0.39 is 11.7 Å². The lowest BCUT2D eigenvalue weighted by Gasteiger charge is -2.41. The van der Waals surface area contributed by atoms with Crippen molar-refractivity contribution >= 4 is 23.0 Å². The first-order valence-electron chi connectivity index (χ1n) is 15.7. The van der Waals surface area contributed by atoms with Crippen molar-refractivity contribution in [3.05, 3.63) is 34.4 Å². The molecule has 0 atom stereocenters. The number of nitrogens with one attached hydrogen (secondary N) is 1. The summed E-state index contributed by atoms with van der Waals surface area (Å²) in [7, 11) is 0. The Labute approximate surface area is 242 Å². The molecule has 1 aromatic heterocycles. The number of carbonyl (C=O) groups excluding carboxylic acids is 2. The van der Waals surface area contributed by atoms with Gasteiger partial charge in [-0.25, -0.2) is 9.59 Å². The minimum absolute atomic E-state index is 0.0246. The molecule has 1 amide bonds. The van der Waals surface area contributed by atoms with E-state index in [9.17, 15) is 9.59 Å². The Morgan fingerprint density at radius 3 is 2.49 bits per heavy atom. The van der Waals surface area contributed by atoms with Crippen LogP contribution in [0.2, 0.25) is 0 Å². The molecule has 0 saturated heterocycles. The third-order valence-corrected chi connectivity index (χ3v) is 9.44. The molecule has 3 aliphatic carbocycles. The monoisotopic (exact) mass is 564 g/mol. The van der Waals surface area contributed by atoms with Crippen molar-refractivity contribution in [3.63, 3.8) is 0 Å². The number of aryl methyl sites for hydroxylation is 2. The molecule has 222 valence electrons. The van der Waals surface area contributed by atoms with Crippen molar-refractivity contribution in [1.29, 1.82) is 0 Å². The predicted molar refractivity (Wildman–Crippen MR) is 154 cm³/mol. The van der Waals surface area contributed by atoms with Gasteiger partial charge in [-0.3, -0.25) is 0 Å². The molecule has 8 nitrogen and oxygen atoms in total. The number of nitrogens with zero attached hydrogens (tertiary/aromatic N) is 1. The lowest BCUT2D eigenvalue weighted by Crippen LogP contribution is -2.41. The summed E-state index contributed by atoms with van der Waals surface area (Å²) in [4.78, 5) is 30.4. The van der Waals surface area contributed by atoms with Gasteiger partial charge < -0.3 is 24.0 Å². The van der Waals surface area contributed by atoms with Crippen LogP contribution in [0.4, 0.5) is 4.79 Å². The summed E-state index contributed by atoms with van der Waals surface area (Å²) in [5, 5.41) is 8.28. The third-order valence-electron chi connectivity index (χ3n) is 9.44. The van der Waals surface area contributed by atoms with Crippen LogP contribution < -0.4 is 15.6 Å². The average Bonchev–Trinajstić information content (AvgIpc) is 3.44. The van der Waals surface area contributed by atoms with Crippen molar-refractivity contribution < 1.29 is 28.3 Å². The Morgan fingerprint density at radius 2 is 1.73 bits per heavy atom. The van der Waals surface area contributed by atoms with Gasteiger partial charge in [-0.15, -0.1) is 0 Å². The fraction of sp³-hybridized carbons (Fsp3) is 0.667. The fourth-order valence-corrected chi connectivity index (χ4v) is 7.23. The van der Waals surface area contributed by atoms with E-state index in [1.807, 2.05) is 26.8 Å². The molecule has 1 aliphatic heterocycles. The smallest absolute Gasteiger partial charge is 0.407 e. The van der Waals surface area contributed by atoms with Gasteiger partial charge in [0, 0.05) is 23.6 Å². The SMILES string of the molecule is CC(C)(C)OC(=O)NCC1CCC(C(=O)ON=c2oc3cc4c(cc3c3c2CCC3)CCC2(CCCCC2)O4)CC1. The van der Waals surface area contributed by atoms with Crippen LogP contribution in [0.15, 0.2) is 21.7 Å². The maximum absolute atomic E-state index is 13.0. The van der Waals surface area contributed by atoms with E-state index in [2.05, 4.69) is 16.5 Å². The number of amides is 1. The standard InChI is InChI=1S/C33H44N2O6/c1-32(2,3)40-31(37)34-20-21-10-12-22(13-11-21)30(36)41-35-29-25-9-7-8-24(25)26-18-23-14-17-33(15-5-4-6-16-33)39-27(23)19-28(26)38-29/h18-19,21-22H,4-17,20H2,1-3H3,(H,34,37). The van der Waals surface area contributed by atoms with Gasteiger partial charge in [0.25, 0.3) is 5.55 Å². The van der Waals surface area contributed by atoms with Crippen LogP contribution in [0.3, 0.4) is 0 Å². The number of carbonyl (C=O) groups is 2. The second kappa shape index (κ2) is 11.3. The first kappa shape index (κ1) is 28.1. The summed E-state index contributed by atoms with van der Waals surface area (Å²) >= 11 is 0. The fourth-order valence-electron chi connectivity index (χ4n) is 7.23. The average molecular weight is 565 g/mol. The highest BCUT2D eigenvalue weighted by Crippen LogP contribution is 2.44. The van der Waals surface area contributed by atoms with E-state index in [0.717, 1.165) is 80.1 Å². The van der Waals surface area contributed by atoms with E-state index >= 15 is 0 Å². The summed E-state index contributed by atoms with van der Waals surface area (Å²) in [6.07, 6.45) is 13.8. The summed E-state index contributed by atoms with van der Waals surface area (Å²) in [5.74, 6) is 0.757. The topological polar surface area (TPSA) is 99.4 Å². The Hall–Kier alpha value is -3.03. The number of hydrogen-bond acceptors (Lipinski definition) is 7. The minimum Gasteiger partial charge on any atom is -0.487 e. The van der Waals surface area contributed by atoms with Crippen LogP contribution in [0.1, 0.15) is 108 Å². The molecule has 8 heteroatoms. The van der Waals surface area contributed by atoms with Crippen LogP contribution in [-0.4, -0.2) is 29.8 Å². The zero-order valence-corrected chi connectivity index (χ0v) is 24.8. The van der Waals surface area contributed by atoms with E-state index in [1.165, 1.54) is 30.4 Å². The summed E-state index contributed by atoms with van der Waals surface area (Å²) in [6.45, 7) is 6.10. The zero-order chi connectivity index (χ0) is 28.6. The highest BCUT2D eigenvalue weighted by Gasteiger charge is 2.38. The van der Waals surface area contributed by atoms with Gasteiger partial charge >= 0.3 is 12.1 Å². The molecule has 2 heterocycles. The predicted octanol–water partition coefficient (Wildman–Crippen LogP) is 6.64. The number of benzene rings is 1. The summed E-state index contributed by atoms with van der Waals surface area (Å²) in [6, 6.07) is 4.31. The van der Waals surface area contributed by atoms with Gasteiger partial charge in [-0.2, -0.15) is 0 Å². The van der Waals surface area contributed by atoms with Crippen molar-refractivity contribution in [2.45, 2.75) is 122 Å². The number of ether oxygens (including phenoxy) is 2. The zero-order valence-electron chi connectivity index (χ0n) is 24.8. The van der Waals surface area contributed by atoms with Gasteiger partial charge in [0.15, 0.2) is 0 Å². The molecule has 0 radical (unpaired) electrons. The Balaban J connectivity index is 1.12. The van der Waals surface area contributed by atoms with Gasteiger partial charge in [0.2, 0.25) is 0 Å². The van der Waals surface area contributed by atoms with Gasteiger partial charge in [-0.05, 0) is 133 Å². The van der Waals surface area contributed by atoms with Gasteiger partial charge in [-0.1, -0.05) is 6.42 Å². The Bertz CT molecular complexity index is 1370. The van der Waals surface area contributed by atoms with Gasteiger partial charge in [0.05, 0.1) is 5.92 Å². The highest BCUT2D eigenvalue weighted by molar-refractivity contribution is 5.84. The molecule has 0 bridgehead atoms. The lowest BCUT2D eigenvalue weighted by atomic mass is 9.79. The molecule has 2 saturated carbocycles. The molecule has 2 aromatic rings. The molecule has 1 aromatic carbocycles. The first-order chi connectivity index (χ1) is 19.7. The third kappa shape index (κ3) is 6.26. The lowest BCUT2D eigenvalue weighted by molar-refractivity contribution is -0.150. The highest BCUT2D eigenvalue weighted by atomic mass is 16.7. The molecule has 4 aliphatic rings. The maximum Gasteiger partial charge on any atom is 0.407 e. The number of rotatable bonds is 4. The first-order valence-corrected chi connectivity index (χ1v) is 15.7. The van der Waals surface area contributed by atoms with Crippen LogP contribution in [0.25, 0.3) is 11.0 Å². The molecular formula is C33H44N2O6. The van der Waals surface area contributed by atoms with E-state index in [-0.39, 0.29) is 17.5 Å². The van der Waals surface area contributed by atoms with E-state index in [0.29, 0.717) is 30.9 Å². The van der Waals surface area contributed by atoms with Crippen molar-refractivity contribution in [2.24, 2.45) is 17.0 Å². The number of hydrogen-bond donors (Lipinski definition) is 1. The second-order valence-electron chi connectivity index (χ2n) is 13.6. The summed E-state index contributed by atoms with van der Waals surface area (Å²) < 4.78 is 18.3. The summed E-state index contributed by atoms with van der Waals surface area (Å²) in [5.41, 5.74) is 4.22. The molecular weight excluding hydrogens is 520 g/mol. The van der Waals surface area contributed by atoms with Gasteiger partial charge in [0.1, 0.15) is 22.5 Å². The molecule has 1 spiro atoms. The van der Waals surface area contributed by atoms with Crippen LogP contribution in [0, 0.1) is 11.8 Å². The van der Waals surface area contributed by atoms with Crippen LogP contribution in [-0.2, 0) is 33.6 Å². The number of alkyl carbamates (subject to hydrolysis) is 1. The Morgan fingerprint density at radius 1 is 0.976 bits per heavy atom. The quantitative estimate of drug-likeness (QED) is 0.330. The largest absolute Gasteiger partial charge is 0.487 e. The number of fused-ring (bicyclic) bond motifs is 4. The van der Waals surface area contributed by atoms with E-state index in [1.54, 1.807) is 0 Å². The Kier molecular flexibility index (Phi) is 7.77. The van der Waals surface area contributed by atoms with Crippen LogP contribution >= 0.6 is 0 Å². The maximum atomic E-state index is 13.0. The molecule has 6 rings (SSSR count).